The average molecular weight is 335 g/mol. The molecule has 126 valence electrons. The van der Waals surface area contributed by atoms with Crippen LogP contribution in [-0.4, -0.2) is 20.0 Å². The fraction of sp³-hybridized carbons (Fsp3) is 0.235. The topological polar surface area (TPSA) is 115 Å². The van der Waals surface area contributed by atoms with Gasteiger partial charge in [-0.05, 0) is 12.1 Å². The zero-order valence-corrected chi connectivity index (χ0v) is 14.1. The molecule has 0 saturated heterocycles. The summed E-state index contributed by atoms with van der Waals surface area (Å²) in [5, 5.41) is 26.6. The van der Waals surface area contributed by atoms with Gasteiger partial charge in [0.15, 0.2) is 11.5 Å². The molecule has 0 bridgehead atoms. The highest BCUT2D eigenvalue weighted by Gasteiger charge is 2.25. The number of H-pyrrole nitrogens is 2. The van der Waals surface area contributed by atoms with Crippen LogP contribution in [0.1, 0.15) is 32.0 Å². The van der Waals surface area contributed by atoms with Gasteiger partial charge in [0.1, 0.15) is 11.6 Å². The molecule has 0 saturated carbocycles. The minimum Gasteiger partial charge on any atom is -0.292 e. The summed E-state index contributed by atoms with van der Waals surface area (Å²) in [6.07, 6.45) is 1.36. The summed E-state index contributed by atoms with van der Waals surface area (Å²) in [6, 6.07) is 11.2. The second-order valence-corrected chi connectivity index (χ2v) is 6.51. The van der Waals surface area contributed by atoms with E-state index in [2.05, 4.69) is 25.5 Å². The monoisotopic (exact) mass is 335 g/mol. The minimum atomic E-state index is -0.348. The van der Waals surface area contributed by atoms with Crippen LogP contribution in [0.25, 0.3) is 5.69 Å². The number of aromatic nitrogens is 4. The quantitative estimate of drug-likeness (QED) is 0.714. The lowest BCUT2D eigenvalue weighted by molar-refractivity contribution is 0.560. The predicted molar refractivity (Wildman–Crippen MR) is 92.6 cm³/mol. The molecule has 0 fully saturated rings. The highest BCUT2D eigenvalue weighted by Crippen LogP contribution is 2.29. The number of para-hydroxylation sites is 1. The van der Waals surface area contributed by atoms with Crippen LogP contribution in [0.2, 0.25) is 0 Å². The zero-order chi connectivity index (χ0) is 18.0. The van der Waals surface area contributed by atoms with Crippen molar-refractivity contribution in [3.05, 3.63) is 58.1 Å². The van der Waals surface area contributed by atoms with Crippen molar-refractivity contribution in [3.8, 4) is 11.8 Å². The van der Waals surface area contributed by atoms with Crippen LogP contribution < -0.4 is 5.56 Å². The smallest absolute Gasteiger partial charge is 0.292 e. The van der Waals surface area contributed by atoms with Gasteiger partial charge in [-0.2, -0.15) is 10.4 Å². The van der Waals surface area contributed by atoms with E-state index in [1.54, 1.807) is 0 Å². The van der Waals surface area contributed by atoms with Gasteiger partial charge in [-0.3, -0.25) is 15.0 Å². The Morgan fingerprint density at radius 2 is 1.92 bits per heavy atom. The third-order valence-electron chi connectivity index (χ3n) is 3.62. The molecular weight excluding hydrogens is 318 g/mol. The molecule has 8 heteroatoms. The first kappa shape index (κ1) is 16.4. The van der Waals surface area contributed by atoms with Gasteiger partial charge in [-0.25, -0.2) is 4.68 Å². The zero-order valence-electron chi connectivity index (χ0n) is 14.1. The number of aromatic amines is 2. The first-order valence-corrected chi connectivity index (χ1v) is 7.68. The average Bonchev–Trinajstić information content (AvgIpc) is 3.17. The number of nitriles is 1. The summed E-state index contributed by atoms with van der Waals surface area (Å²) in [4.78, 5) is 12.8. The number of azo groups is 1. The van der Waals surface area contributed by atoms with E-state index in [-0.39, 0.29) is 28.0 Å². The van der Waals surface area contributed by atoms with E-state index in [1.165, 1.54) is 10.9 Å². The number of benzene rings is 1. The third-order valence-corrected chi connectivity index (χ3v) is 3.62. The van der Waals surface area contributed by atoms with Crippen molar-refractivity contribution >= 4 is 11.5 Å². The van der Waals surface area contributed by atoms with E-state index in [9.17, 15) is 4.79 Å². The van der Waals surface area contributed by atoms with Crippen molar-refractivity contribution in [2.24, 2.45) is 10.2 Å². The minimum absolute atomic E-state index is 0.204. The largest absolute Gasteiger partial charge is 0.299 e. The van der Waals surface area contributed by atoms with E-state index < -0.39 is 0 Å². The molecule has 0 spiro atoms. The van der Waals surface area contributed by atoms with Crippen LogP contribution in [0, 0.1) is 11.3 Å². The molecule has 25 heavy (non-hydrogen) atoms. The summed E-state index contributed by atoms with van der Waals surface area (Å²) in [7, 11) is 0. The Morgan fingerprint density at radius 3 is 2.56 bits per heavy atom. The van der Waals surface area contributed by atoms with Crippen LogP contribution >= 0.6 is 0 Å². The van der Waals surface area contributed by atoms with E-state index in [1.807, 2.05) is 57.2 Å². The van der Waals surface area contributed by atoms with Crippen LogP contribution in [0.3, 0.4) is 0 Å². The van der Waals surface area contributed by atoms with Crippen LogP contribution in [0.15, 0.2) is 51.6 Å². The molecule has 8 nitrogen and oxygen atoms in total. The predicted octanol–water partition coefficient (Wildman–Crippen LogP) is 3.47. The lowest BCUT2D eigenvalue weighted by Crippen LogP contribution is -2.14. The maximum absolute atomic E-state index is 12.8. The number of nitrogens with one attached hydrogen (secondary N) is 2. The molecule has 0 aliphatic heterocycles. The summed E-state index contributed by atoms with van der Waals surface area (Å²) < 4.78 is 1.44. The highest BCUT2D eigenvalue weighted by atomic mass is 16.1. The van der Waals surface area contributed by atoms with E-state index in [0.717, 1.165) is 0 Å². The van der Waals surface area contributed by atoms with Crippen molar-refractivity contribution in [2.45, 2.75) is 26.2 Å². The second-order valence-electron chi connectivity index (χ2n) is 6.51. The molecule has 2 heterocycles. The maximum Gasteiger partial charge on any atom is 0.299 e. The first-order chi connectivity index (χ1) is 11.9. The lowest BCUT2D eigenvalue weighted by atomic mass is 9.91. The molecule has 1 aromatic carbocycles. The van der Waals surface area contributed by atoms with Crippen LogP contribution in [0.5, 0.6) is 0 Å². The molecule has 3 rings (SSSR count). The lowest BCUT2D eigenvalue weighted by Gasteiger charge is -2.16. The SMILES string of the molecule is CC(C)(C)c1[nH]n(-c2ccccc2)c(=O)c1N=Nc1[nH]ncc1C#N. The highest BCUT2D eigenvalue weighted by molar-refractivity contribution is 5.49. The third kappa shape index (κ3) is 3.12. The van der Waals surface area contributed by atoms with E-state index in [4.69, 9.17) is 5.26 Å². The fourth-order valence-electron chi connectivity index (χ4n) is 2.34. The summed E-state index contributed by atoms with van der Waals surface area (Å²) in [5.74, 6) is 0.217. The summed E-state index contributed by atoms with van der Waals surface area (Å²) in [6.45, 7) is 5.93. The van der Waals surface area contributed by atoms with Gasteiger partial charge in [-0.15, -0.1) is 10.2 Å². The maximum atomic E-state index is 12.8. The standard InChI is InChI=1S/C17H17N7O/c1-17(2,3)14-13(20-22-15-11(9-18)10-19-21-15)16(25)24(23-14)12-7-5-4-6-8-12/h4-8,10,23H,1-3H3,(H,19,21). The van der Waals surface area contributed by atoms with Crippen molar-refractivity contribution in [1.82, 2.24) is 20.0 Å². The van der Waals surface area contributed by atoms with Crippen molar-refractivity contribution in [1.29, 1.82) is 5.26 Å². The Bertz CT molecular complexity index is 1010. The molecule has 0 aliphatic carbocycles. The number of hydrogen-bond donors (Lipinski definition) is 2. The Labute approximate surface area is 143 Å². The van der Waals surface area contributed by atoms with Crippen molar-refractivity contribution in [2.75, 3.05) is 0 Å². The number of hydrogen-bond acceptors (Lipinski definition) is 5. The van der Waals surface area contributed by atoms with Gasteiger partial charge < -0.3 is 0 Å². The second kappa shape index (κ2) is 6.20. The summed E-state index contributed by atoms with van der Waals surface area (Å²) in [5.41, 5.74) is 1.18. The summed E-state index contributed by atoms with van der Waals surface area (Å²) >= 11 is 0. The number of rotatable bonds is 3. The molecule has 0 unspecified atom stereocenters. The Hall–Kier alpha value is -3.47. The number of nitrogens with zero attached hydrogens (tertiary/aromatic N) is 5. The van der Waals surface area contributed by atoms with Gasteiger partial charge in [0.2, 0.25) is 0 Å². The van der Waals surface area contributed by atoms with Gasteiger partial charge in [0.25, 0.3) is 5.56 Å². The van der Waals surface area contributed by atoms with Gasteiger partial charge >= 0.3 is 0 Å². The van der Waals surface area contributed by atoms with E-state index >= 15 is 0 Å². The van der Waals surface area contributed by atoms with Gasteiger partial charge in [0, 0.05) is 5.41 Å². The molecule has 2 N–H and O–H groups in total. The molecule has 0 atom stereocenters. The normalized spacial score (nSPS) is 11.8. The molecule has 0 radical (unpaired) electrons. The van der Waals surface area contributed by atoms with Crippen molar-refractivity contribution in [3.63, 3.8) is 0 Å². The Balaban J connectivity index is 2.14. The molecule has 0 aliphatic rings. The fourth-order valence-corrected chi connectivity index (χ4v) is 2.34. The molecular formula is C17H17N7O. The molecule has 0 amide bonds. The van der Waals surface area contributed by atoms with Gasteiger partial charge in [-0.1, -0.05) is 39.0 Å². The van der Waals surface area contributed by atoms with Crippen molar-refractivity contribution < 1.29 is 0 Å². The van der Waals surface area contributed by atoms with Crippen LogP contribution in [-0.2, 0) is 5.41 Å². The van der Waals surface area contributed by atoms with E-state index in [0.29, 0.717) is 11.4 Å². The molecule has 3 aromatic rings. The Morgan fingerprint density at radius 1 is 1.20 bits per heavy atom. The first-order valence-electron chi connectivity index (χ1n) is 7.68. The molecule has 2 aromatic heterocycles. The Kier molecular flexibility index (Phi) is 4.07. The van der Waals surface area contributed by atoms with Gasteiger partial charge in [0.05, 0.1) is 17.6 Å². The van der Waals surface area contributed by atoms with Crippen LogP contribution in [0.4, 0.5) is 11.5 Å².